The molecule has 0 atom stereocenters. The SMILES string of the molecule is CC(C)S(=O)(=O)c1cccc(-c2nnc(NC(=O)CSc3ccccc3)o2)c1. The minimum atomic E-state index is -3.42. The van der Waals surface area contributed by atoms with Crippen molar-refractivity contribution in [1.29, 1.82) is 0 Å². The van der Waals surface area contributed by atoms with Gasteiger partial charge in [0.2, 0.25) is 11.8 Å². The number of nitrogens with one attached hydrogen (secondary N) is 1. The maximum Gasteiger partial charge on any atom is 0.322 e. The van der Waals surface area contributed by atoms with E-state index in [0.717, 1.165) is 4.90 Å². The minimum absolute atomic E-state index is 0.0363. The lowest BCUT2D eigenvalue weighted by atomic mass is 10.2. The van der Waals surface area contributed by atoms with Gasteiger partial charge in [-0.2, -0.15) is 0 Å². The van der Waals surface area contributed by atoms with Gasteiger partial charge < -0.3 is 4.42 Å². The summed E-state index contributed by atoms with van der Waals surface area (Å²) < 4.78 is 30.1. The predicted octanol–water partition coefficient (Wildman–Crippen LogP) is 3.65. The molecule has 0 radical (unpaired) electrons. The van der Waals surface area contributed by atoms with E-state index in [2.05, 4.69) is 15.5 Å². The average Bonchev–Trinajstić information content (AvgIpc) is 3.15. The fourth-order valence-electron chi connectivity index (χ4n) is 2.29. The maximum atomic E-state index is 12.3. The standard InChI is InChI=1S/C19H19N3O4S2/c1-13(2)28(24,25)16-10-6-7-14(11-16)18-21-22-19(26-18)20-17(23)12-27-15-8-4-3-5-9-15/h3-11,13H,12H2,1-2H3,(H,20,22,23). The molecular weight excluding hydrogens is 398 g/mol. The molecule has 146 valence electrons. The van der Waals surface area contributed by atoms with Gasteiger partial charge in [-0.3, -0.25) is 10.1 Å². The van der Waals surface area contributed by atoms with Crippen molar-refractivity contribution in [3.63, 3.8) is 0 Å². The van der Waals surface area contributed by atoms with Gasteiger partial charge in [0.25, 0.3) is 0 Å². The lowest BCUT2D eigenvalue weighted by molar-refractivity contribution is -0.113. The Bertz CT molecular complexity index is 1060. The maximum absolute atomic E-state index is 12.3. The van der Waals surface area contributed by atoms with Crippen LogP contribution in [0.1, 0.15) is 13.8 Å². The van der Waals surface area contributed by atoms with Gasteiger partial charge in [0.1, 0.15) is 0 Å². The van der Waals surface area contributed by atoms with Crippen LogP contribution >= 0.6 is 11.8 Å². The molecule has 0 saturated heterocycles. The van der Waals surface area contributed by atoms with Crippen LogP contribution in [0.15, 0.2) is 68.8 Å². The lowest BCUT2D eigenvalue weighted by Crippen LogP contribution is -2.14. The highest BCUT2D eigenvalue weighted by Gasteiger charge is 2.20. The highest BCUT2D eigenvalue weighted by atomic mass is 32.2. The summed E-state index contributed by atoms with van der Waals surface area (Å²) in [6.07, 6.45) is 0. The Morgan fingerprint density at radius 3 is 2.57 bits per heavy atom. The van der Waals surface area contributed by atoms with E-state index >= 15 is 0 Å². The fraction of sp³-hybridized carbons (Fsp3) is 0.211. The number of nitrogens with zero attached hydrogens (tertiary/aromatic N) is 2. The molecular formula is C19H19N3O4S2. The van der Waals surface area contributed by atoms with Crippen molar-refractivity contribution in [1.82, 2.24) is 10.2 Å². The van der Waals surface area contributed by atoms with Crippen molar-refractivity contribution in [2.24, 2.45) is 0 Å². The third-order valence-electron chi connectivity index (χ3n) is 3.81. The summed E-state index contributed by atoms with van der Waals surface area (Å²) in [5.74, 6) is 0.0520. The second-order valence-corrected chi connectivity index (χ2v) is 9.74. The molecule has 0 saturated carbocycles. The summed E-state index contributed by atoms with van der Waals surface area (Å²) in [5.41, 5.74) is 0.466. The van der Waals surface area contributed by atoms with Gasteiger partial charge in [0.05, 0.1) is 15.9 Å². The number of amides is 1. The van der Waals surface area contributed by atoms with Crippen LogP contribution in [0.25, 0.3) is 11.5 Å². The van der Waals surface area contributed by atoms with Crippen LogP contribution in [0.2, 0.25) is 0 Å². The molecule has 0 bridgehead atoms. The smallest absolute Gasteiger partial charge is 0.322 e. The molecule has 1 aromatic heterocycles. The van der Waals surface area contributed by atoms with Gasteiger partial charge in [0.15, 0.2) is 9.84 Å². The van der Waals surface area contributed by atoms with E-state index in [0.29, 0.717) is 5.56 Å². The highest BCUT2D eigenvalue weighted by Crippen LogP contribution is 2.25. The van der Waals surface area contributed by atoms with Crippen LogP contribution in [-0.4, -0.2) is 35.5 Å². The molecule has 1 heterocycles. The molecule has 3 aromatic rings. The van der Waals surface area contributed by atoms with Crippen LogP contribution in [0.3, 0.4) is 0 Å². The summed E-state index contributed by atoms with van der Waals surface area (Å²) >= 11 is 1.39. The highest BCUT2D eigenvalue weighted by molar-refractivity contribution is 8.00. The zero-order valence-corrected chi connectivity index (χ0v) is 17.0. The Balaban J connectivity index is 1.68. The number of thioether (sulfide) groups is 1. The molecule has 2 aromatic carbocycles. The average molecular weight is 418 g/mol. The molecule has 1 amide bonds. The van der Waals surface area contributed by atoms with Crippen LogP contribution in [0.4, 0.5) is 6.01 Å². The number of carbonyl (C=O) groups is 1. The van der Waals surface area contributed by atoms with Crippen molar-refractivity contribution in [3.05, 3.63) is 54.6 Å². The van der Waals surface area contributed by atoms with E-state index in [1.807, 2.05) is 30.3 Å². The van der Waals surface area contributed by atoms with Gasteiger partial charge in [-0.05, 0) is 44.2 Å². The second kappa shape index (κ2) is 8.57. The Morgan fingerprint density at radius 1 is 1.11 bits per heavy atom. The molecule has 0 aliphatic rings. The first kappa shape index (κ1) is 20.1. The molecule has 0 aliphatic carbocycles. The number of carbonyl (C=O) groups excluding carboxylic acids is 1. The van der Waals surface area contributed by atoms with E-state index < -0.39 is 15.1 Å². The third-order valence-corrected chi connectivity index (χ3v) is 6.98. The van der Waals surface area contributed by atoms with Crippen molar-refractivity contribution in [3.8, 4) is 11.5 Å². The van der Waals surface area contributed by atoms with Crippen LogP contribution in [0, 0.1) is 0 Å². The number of hydrogen-bond donors (Lipinski definition) is 1. The monoisotopic (exact) mass is 417 g/mol. The summed E-state index contributed by atoms with van der Waals surface area (Å²) in [7, 11) is -3.42. The normalized spacial score (nSPS) is 11.5. The van der Waals surface area contributed by atoms with Crippen LogP contribution in [0.5, 0.6) is 0 Å². The third kappa shape index (κ3) is 4.79. The first-order chi connectivity index (χ1) is 13.4. The van der Waals surface area contributed by atoms with Gasteiger partial charge in [-0.25, -0.2) is 8.42 Å². The Morgan fingerprint density at radius 2 is 1.86 bits per heavy atom. The molecule has 0 fully saturated rings. The van der Waals surface area contributed by atoms with Gasteiger partial charge in [0, 0.05) is 10.5 Å². The van der Waals surface area contributed by atoms with Gasteiger partial charge >= 0.3 is 6.01 Å². The number of hydrogen-bond acceptors (Lipinski definition) is 7. The van der Waals surface area contributed by atoms with Gasteiger partial charge in [-0.15, -0.1) is 16.9 Å². The van der Waals surface area contributed by atoms with E-state index in [1.54, 1.807) is 26.0 Å². The van der Waals surface area contributed by atoms with Crippen LogP contribution < -0.4 is 5.32 Å². The molecule has 1 N–H and O–H groups in total. The lowest BCUT2D eigenvalue weighted by Gasteiger charge is -2.08. The molecule has 28 heavy (non-hydrogen) atoms. The number of sulfone groups is 1. The van der Waals surface area contributed by atoms with Crippen molar-refractivity contribution in [2.75, 3.05) is 11.1 Å². The van der Waals surface area contributed by atoms with E-state index in [9.17, 15) is 13.2 Å². The predicted molar refractivity (Wildman–Crippen MR) is 108 cm³/mol. The summed E-state index contributed by atoms with van der Waals surface area (Å²) in [5, 5.41) is 9.71. The molecule has 0 spiro atoms. The molecule has 7 nitrogen and oxygen atoms in total. The topological polar surface area (TPSA) is 102 Å². The van der Waals surface area contributed by atoms with Crippen molar-refractivity contribution in [2.45, 2.75) is 28.9 Å². The quantitative estimate of drug-likeness (QED) is 0.585. The number of aromatic nitrogens is 2. The van der Waals surface area contributed by atoms with Crippen molar-refractivity contribution >= 4 is 33.5 Å². The molecule has 3 rings (SSSR count). The number of rotatable bonds is 7. The van der Waals surface area contributed by atoms with E-state index in [1.165, 1.54) is 23.9 Å². The zero-order valence-electron chi connectivity index (χ0n) is 15.3. The zero-order chi connectivity index (χ0) is 20.1. The minimum Gasteiger partial charge on any atom is -0.403 e. The molecule has 0 unspecified atom stereocenters. The summed E-state index contributed by atoms with van der Waals surface area (Å²) in [6, 6.07) is 15.8. The number of anilines is 1. The summed E-state index contributed by atoms with van der Waals surface area (Å²) in [4.78, 5) is 13.2. The number of benzene rings is 2. The molecule has 9 heteroatoms. The Labute approximate surface area is 167 Å². The van der Waals surface area contributed by atoms with Crippen LogP contribution in [-0.2, 0) is 14.6 Å². The van der Waals surface area contributed by atoms with Gasteiger partial charge in [-0.1, -0.05) is 29.4 Å². The Kier molecular flexibility index (Phi) is 6.15. The largest absolute Gasteiger partial charge is 0.403 e. The molecule has 0 aliphatic heterocycles. The fourth-order valence-corrected chi connectivity index (χ4v) is 4.11. The van der Waals surface area contributed by atoms with E-state index in [4.69, 9.17) is 4.42 Å². The van der Waals surface area contributed by atoms with E-state index in [-0.39, 0.29) is 28.5 Å². The van der Waals surface area contributed by atoms with Crippen molar-refractivity contribution < 1.29 is 17.6 Å². The first-order valence-electron chi connectivity index (χ1n) is 8.52. The first-order valence-corrected chi connectivity index (χ1v) is 11.0. The summed E-state index contributed by atoms with van der Waals surface area (Å²) in [6.45, 7) is 3.24. The Hall–Kier alpha value is -2.65. The second-order valence-electron chi connectivity index (χ2n) is 6.18.